The Balaban J connectivity index is 2.08. The van der Waals surface area contributed by atoms with Gasteiger partial charge in [0.05, 0.1) is 7.11 Å². The molecular weight excluding hydrogens is 242 g/mol. The lowest BCUT2D eigenvalue weighted by atomic mass is 10.1. The number of fused-ring (bicyclic) bond motifs is 1. The predicted octanol–water partition coefficient (Wildman–Crippen LogP) is 2.17. The minimum Gasteiger partial charge on any atom is -0.479 e. The second-order valence-corrected chi connectivity index (χ2v) is 5.14. The van der Waals surface area contributed by atoms with Crippen molar-refractivity contribution in [3.63, 3.8) is 0 Å². The Bertz CT molecular complexity index is 590. The van der Waals surface area contributed by atoms with Crippen molar-refractivity contribution < 1.29 is 4.74 Å². The van der Waals surface area contributed by atoms with Gasteiger partial charge in [0, 0.05) is 6.04 Å². The van der Waals surface area contributed by atoms with Crippen molar-refractivity contribution in [1.82, 2.24) is 19.5 Å². The summed E-state index contributed by atoms with van der Waals surface area (Å²) in [5, 5.41) is 0. The Hall–Kier alpha value is -1.85. The standard InChI is InChI=1S/C13H19N5O/c1-3-9(6-8-4-5-8)18-11-10(17-13(18)14)12(19-2)16-7-15-11/h7-9H,3-6H2,1-2H3,(H2,14,17). The number of nitrogens with two attached hydrogens (primary N) is 1. The molecule has 6 heteroatoms. The Morgan fingerprint density at radius 3 is 2.89 bits per heavy atom. The number of methoxy groups -OCH3 is 1. The van der Waals surface area contributed by atoms with E-state index in [1.165, 1.54) is 19.2 Å². The van der Waals surface area contributed by atoms with E-state index in [0.717, 1.165) is 24.4 Å². The second-order valence-electron chi connectivity index (χ2n) is 5.14. The zero-order chi connectivity index (χ0) is 13.4. The first-order valence-electron chi connectivity index (χ1n) is 6.77. The van der Waals surface area contributed by atoms with Crippen LogP contribution in [0, 0.1) is 5.92 Å². The quantitative estimate of drug-likeness (QED) is 0.892. The maximum absolute atomic E-state index is 6.08. The van der Waals surface area contributed by atoms with E-state index in [4.69, 9.17) is 10.5 Å². The molecule has 0 spiro atoms. The van der Waals surface area contributed by atoms with E-state index in [2.05, 4.69) is 21.9 Å². The van der Waals surface area contributed by atoms with Crippen LogP contribution in [0.25, 0.3) is 11.2 Å². The third-order valence-corrected chi connectivity index (χ3v) is 3.80. The van der Waals surface area contributed by atoms with Crippen LogP contribution >= 0.6 is 0 Å². The van der Waals surface area contributed by atoms with Gasteiger partial charge >= 0.3 is 0 Å². The number of hydrogen-bond donors (Lipinski definition) is 1. The molecule has 3 rings (SSSR count). The van der Waals surface area contributed by atoms with Crippen LogP contribution in [0.4, 0.5) is 5.95 Å². The molecular formula is C13H19N5O. The monoisotopic (exact) mass is 261 g/mol. The summed E-state index contributed by atoms with van der Waals surface area (Å²) in [4.78, 5) is 12.8. The molecule has 19 heavy (non-hydrogen) atoms. The van der Waals surface area contributed by atoms with Crippen molar-refractivity contribution in [1.29, 1.82) is 0 Å². The van der Waals surface area contributed by atoms with Crippen LogP contribution in [0.15, 0.2) is 6.33 Å². The molecule has 0 aromatic carbocycles. The number of nitrogen functional groups attached to an aromatic ring is 1. The molecule has 1 saturated carbocycles. The van der Waals surface area contributed by atoms with Gasteiger partial charge in [0.2, 0.25) is 11.8 Å². The summed E-state index contributed by atoms with van der Waals surface area (Å²) >= 11 is 0. The van der Waals surface area contributed by atoms with E-state index in [1.54, 1.807) is 7.11 Å². The topological polar surface area (TPSA) is 78.9 Å². The predicted molar refractivity (Wildman–Crippen MR) is 73.0 cm³/mol. The molecule has 2 aromatic heterocycles. The maximum atomic E-state index is 6.08. The summed E-state index contributed by atoms with van der Waals surface area (Å²) in [5.41, 5.74) is 7.50. The first kappa shape index (κ1) is 12.2. The van der Waals surface area contributed by atoms with E-state index >= 15 is 0 Å². The molecule has 2 heterocycles. The number of ether oxygens (including phenoxy) is 1. The van der Waals surface area contributed by atoms with Crippen molar-refractivity contribution in [2.24, 2.45) is 5.92 Å². The number of imidazole rings is 1. The van der Waals surface area contributed by atoms with Crippen molar-refractivity contribution in [3.8, 4) is 5.88 Å². The van der Waals surface area contributed by atoms with Crippen molar-refractivity contribution >= 4 is 17.1 Å². The molecule has 1 unspecified atom stereocenters. The molecule has 0 aliphatic heterocycles. The number of nitrogens with zero attached hydrogens (tertiary/aromatic N) is 4. The smallest absolute Gasteiger partial charge is 0.245 e. The summed E-state index contributed by atoms with van der Waals surface area (Å²) < 4.78 is 7.26. The van der Waals surface area contributed by atoms with Gasteiger partial charge in [0.1, 0.15) is 6.33 Å². The van der Waals surface area contributed by atoms with Gasteiger partial charge in [-0.25, -0.2) is 9.97 Å². The van der Waals surface area contributed by atoms with Crippen LogP contribution in [-0.4, -0.2) is 26.6 Å². The lowest BCUT2D eigenvalue weighted by Gasteiger charge is -2.18. The van der Waals surface area contributed by atoms with Gasteiger partial charge in [-0.3, -0.25) is 4.57 Å². The molecule has 0 amide bonds. The highest BCUT2D eigenvalue weighted by Gasteiger charge is 2.28. The minimum absolute atomic E-state index is 0.358. The van der Waals surface area contributed by atoms with Crippen LogP contribution in [0.5, 0.6) is 5.88 Å². The molecule has 1 aliphatic rings. The first-order chi connectivity index (χ1) is 9.24. The second kappa shape index (κ2) is 4.68. The summed E-state index contributed by atoms with van der Waals surface area (Å²) in [6.45, 7) is 2.18. The van der Waals surface area contributed by atoms with E-state index in [-0.39, 0.29) is 0 Å². The van der Waals surface area contributed by atoms with Crippen LogP contribution in [0.1, 0.15) is 38.6 Å². The highest BCUT2D eigenvalue weighted by Crippen LogP contribution is 2.39. The molecule has 0 radical (unpaired) electrons. The van der Waals surface area contributed by atoms with Gasteiger partial charge in [-0.1, -0.05) is 19.8 Å². The normalized spacial score (nSPS) is 16.7. The molecule has 2 aromatic rings. The fourth-order valence-electron chi connectivity index (χ4n) is 2.61. The Morgan fingerprint density at radius 1 is 1.47 bits per heavy atom. The number of anilines is 1. The van der Waals surface area contributed by atoms with Gasteiger partial charge < -0.3 is 10.5 Å². The Labute approximate surface area is 112 Å². The van der Waals surface area contributed by atoms with Gasteiger partial charge in [0.15, 0.2) is 11.2 Å². The Morgan fingerprint density at radius 2 is 2.26 bits per heavy atom. The lowest BCUT2D eigenvalue weighted by Crippen LogP contribution is -2.12. The number of rotatable bonds is 5. The average Bonchev–Trinajstić information content (AvgIpc) is 3.17. The fraction of sp³-hybridized carbons (Fsp3) is 0.615. The Kier molecular flexibility index (Phi) is 3.00. The van der Waals surface area contributed by atoms with E-state index in [1.807, 2.05) is 4.57 Å². The molecule has 1 fully saturated rings. The summed E-state index contributed by atoms with van der Waals surface area (Å²) in [5.74, 6) is 1.82. The summed E-state index contributed by atoms with van der Waals surface area (Å²) in [6.07, 6.45) is 6.35. The summed E-state index contributed by atoms with van der Waals surface area (Å²) in [7, 11) is 1.58. The summed E-state index contributed by atoms with van der Waals surface area (Å²) in [6, 6.07) is 0.358. The molecule has 1 atom stereocenters. The average molecular weight is 261 g/mol. The van der Waals surface area contributed by atoms with Crippen molar-refractivity contribution in [3.05, 3.63) is 6.33 Å². The third-order valence-electron chi connectivity index (χ3n) is 3.80. The SMILES string of the molecule is CCC(CC1CC1)n1c(N)nc2c(OC)ncnc21. The zero-order valence-corrected chi connectivity index (χ0v) is 11.3. The third kappa shape index (κ3) is 2.11. The zero-order valence-electron chi connectivity index (χ0n) is 11.3. The molecule has 102 valence electrons. The fourth-order valence-corrected chi connectivity index (χ4v) is 2.61. The maximum Gasteiger partial charge on any atom is 0.245 e. The number of hydrogen-bond acceptors (Lipinski definition) is 5. The first-order valence-corrected chi connectivity index (χ1v) is 6.77. The number of aromatic nitrogens is 4. The minimum atomic E-state index is 0.358. The van der Waals surface area contributed by atoms with Crippen LogP contribution in [0.3, 0.4) is 0 Å². The van der Waals surface area contributed by atoms with Gasteiger partial charge in [-0.05, 0) is 18.8 Å². The van der Waals surface area contributed by atoms with Crippen LogP contribution < -0.4 is 10.5 Å². The molecule has 0 saturated heterocycles. The van der Waals surface area contributed by atoms with E-state index < -0.39 is 0 Å². The van der Waals surface area contributed by atoms with E-state index in [9.17, 15) is 0 Å². The largest absolute Gasteiger partial charge is 0.479 e. The molecule has 2 N–H and O–H groups in total. The highest BCUT2D eigenvalue weighted by molar-refractivity contribution is 5.79. The van der Waals surface area contributed by atoms with Crippen LogP contribution in [-0.2, 0) is 0 Å². The van der Waals surface area contributed by atoms with Gasteiger partial charge in [-0.2, -0.15) is 4.98 Å². The van der Waals surface area contributed by atoms with E-state index in [0.29, 0.717) is 23.4 Å². The highest BCUT2D eigenvalue weighted by atomic mass is 16.5. The van der Waals surface area contributed by atoms with Crippen molar-refractivity contribution in [2.45, 2.75) is 38.6 Å². The van der Waals surface area contributed by atoms with Crippen LogP contribution in [0.2, 0.25) is 0 Å². The van der Waals surface area contributed by atoms with Crippen molar-refractivity contribution in [2.75, 3.05) is 12.8 Å². The lowest BCUT2D eigenvalue weighted by molar-refractivity contribution is 0.401. The van der Waals surface area contributed by atoms with Gasteiger partial charge in [-0.15, -0.1) is 0 Å². The molecule has 0 bridgehead atoms. The molecule has 6 nitrogen and oxygen atoms in total. The molecule has 1 aliphatic carbocycles. The van der Waals surface area contributed by atoms with Gasteiger partial charge in [0.25, 0.3) is 0 Å².